The van der Waals surface area contributed by atoms with E-state index in [1.54, 1.807) is 0 Å². The molecule has 2 aromatic carbocycles. The Morgan fingerprint density at radius 2 is 1.49 bits per heavy atom. The standard InChI is InChI=1S/C28H36N2O5/c1-3-28(4-2,26(32)33)19-30-25(31)16-6-5-11-17-29-27(34)35-18-24-22-14-9-7-12-20(22)21-13-8-10-15-23(21)24/h7-10,12-15,24H,3-6,11,16-19H2,1-2H3,(H,29,34)(H,30,31)(H,32,33). The molecule has 188 valence electrons. The first-order valence-corrected chi connectivity index (χ1v) is 12.5. The molecule has 0 saturated carbocycles. The number of benzene rings is 2. The minimum absolute atomic E-state index is 0.0342. The van der Waals surface area contributed by atoms with E-state index < -0.39 is 17.5 Å². The number of carboxylic acids is 1. The fourth-order valence-electron chi connectivity index (χ4n) is 4.66. The van der Waals surface area contributed by atoms with Crippen LogP contribution in [0.4, 0.5) is 4.79 Å². The van der Waals surface area contributed by atoms with Crippen molar-refractivity contribution >= 4 is 18.0 Å². The van der Waals surface area contributed by atoms with Crippen LogP contribution in [0.5, 0.6) is 0 Å². The van der Waals surface area contributed by atoms with Gasteiger partial charge >= 0.3 is 12.1 Å². The van der Waals surface area contributed by atoms with Gasteiger partial charge in [-0.15, -0.1) is 0 Å². The predicted octanol–water partition coefficient (Wildman–Crippen LogP) is 5.09. The molecule has 0 fully saturated rings. The molecule has 0 spiro atoms. The van der Waals surface area contributed by atoms with Crippen LogP contribution in [0.3, 0.4) is 0 Å². The van der Waals surface area contributed by atoms with Gasteiger partial charge in [0.1, 0.15) is 6.61 Å². The molecule has 35 heavy (non-hydrogen) atoms. The molecule has 0 unspecified atom stereocenters. The second-order valence-corrected chi connectivity index (χ2v) is 9.13. The van der Waals surface area contributed by atoms with Crippen LogP contribution in [0.15, 0.2) is 48.5 Å². The highest BCUT2D eigenvalue weighted by molar-refractivity contribution is 5.80. The topological polar surface area (TPSA) is 105 Å². The van der Waals surface area contributed by atoms with Crippen molar-refractivity contribution in [1.82, 2.24) is 10.6 Å². The average Bonchev–Trinajstić information content (AvgIpc) is 3.19. The third-order valence-electron chi connectivity index (χ3n) is 7.12. The SMILES string of the molecule is CCC(CC)(CNC(=O)CCCCCNC(=O)OCC1c2ccccc2-c2ccccc21)C(=O)O. The van der Waals surface area contributed by atoms with Crippen LogP contribution < -0.4 is 10.6 Å². The van der Waals surface area contributed by atoms with Gasteiger partial charge in [-0.3, -0.25) is 9.59 Å². The summed E-state index contributed by atoms with van der Waals surface area (Å²) in [7, 11) is 0. The number of rotatable bonds is 13. The lowest BCUT2D eigenvalue weighted by molar-refractivity contribution is -0.149. The van der Waals surface area contributed by atoms with Crippen molar-refractivity contribution in [2.45, 2.75) is 58.3 Å². The van der Waals surface area contributed by atoms with Crippen molar-refractivity contribution in [2.75, 3.05) is 19.7 Å². The van der Waals surface area contributed by atoms with Gasteiger partial charge in [-0.25, -0.2) is 4.79 Å². The van der Waals surface area contributed by atoms with Crippen molar-refractivity contribution in [3.8, 4) is 11.1 Å². The normalized spacial score (nSPS) is 12.5. The molecular weight excluding hydrogens is 444 g/mol. The lowest BCUT2D eigenvalue weighted by atomic mass is 9.82. The molecule has 0 atom stereocenters. The van der Waals surface area contributed by atoms with E-state index in [4.69, 9.17) is 4.74 Å². The van der Waals surface area contributed by atoms with Crippen molar-refractivity contribution < 1.29 is 24.2 Å². The summed E-state index contributed by atoms with van der Waals surface area (Å²) in [4.78, 5) is 35.8. The Morgan fingerprint density at radius 3 is 2.06 bits per heavy atom. The number of alkyl carbamates (subject to hydrolysis) is 1. The van der Waals surface area contributed by atoms with Crippen molar-refractivity contribution in [2.24, 2.45) is 5.41 Å². The van der Waals surface area contributed by atoms with Crippen molar-refractivity contribution in [3.05, 3.63) is 59.7 Å². The van der Waals surface area contributed by atoms with Crippen molar-refractivity contribution in [3.63, 3.8) is 0 Å². The molecule has 0 saturated heterocycles. The number of nitrogens with one attached hydrogen (secondary N) is 2. The van der Waals surface area contributed by atoms with E-state index in [1.165, 1.54) is 22.3 Å². The van der Waals surface area contributed by atoms with Gasteiger partial charge in [0.25, 0.3) is 0 Å². The number of carboxylic acid groups (broad SMARTS) is 1. The monoisotopic (exact) mass is 480 g/mol. The minimum atomic E-state index is -0.900. The van der Waals surface area contributed by atoms with Crippen LogP contribution in [0.25, 0.3) is 11.1 Å². The Morgan fingerprint density at radius 1 is 0.886 bits per heavy atom. The van der Waals surface area contributed by atoms with E-state index in [9.17, 15) is 19.5 Å². The summed E-state index contributed by atoms with van der Waals surface area (Å²) >= 11 is 0. The Bertz CT molecular complexity index is 986. The second kappa shape index (κ2) is 12.4. The van der Waals surface area contributed by atoms with E-state index in [1.807, 2.05) is 38.1 Å². The molecule has 1 aliphatic rings. The fourth-order valence-corrected chi connectivity index (χ4v) is 4.66. The molecule has 1 aliphatic carbocycles. The Labute approximate surface area is 207 Å². The molecule has 0 aromatic heterocycles. The molecule has 0 heterocycles. The van der Waals surface area contributed by atoms with Gasteiger partial charge in [-0.1, -0.05) is 68.8 Å². The summed E-state index contributed by atoms with van der Waals surface area (Å²) in [5.41, 5.74) is 3.85. The van der Waals surface area contributed by atoms with Gasteiger partial charge in [-0.2, -0.15) is 0 Å². The summed E-state index contributed by atoms with van der Waals surface area (Å²) in [5, 5.41) is 15.0. The number of carbonyl (C=O) groups is 3. The Balaban J connectivity index is 1.32. The number of amides is 2. The summed E-state index contributed by atoms with van der Waals surface area (Å²) in [6.45, 7) is 4.57. The van der Waals surface area contributed by atoms with Gasteiger partial charge in [0.05, 0.1) is 5.41 Å². The van der Waals surface area contributed by atoms with Crippen LogP contribution in [0, 0.1) is 5.41 Å². The largest absolute Gasteiger partial charge is 0.481 e. The number of unbranched alkanes of at least 4 members (excludes halogenated alkanes) is 2. The summed E-state index contributed by atoms with van der Waals surface area (Å²) in [6, 6.07) is 16.4. The maximum atomic E-state index is 12.2. The number of fused-ring (bicyclic) bond motifs is 3. The number of ether oxygens (including phenoxy) is 1. The highest BCUT2D eigenvalue weighted by Crippen LogP contribution is 2.44. The highest BCUT2D eigenvalue weighted by Gasteiger charge is 2.35. The van der Waals surface area contributed by atoms with Crippen molar-refractivity contribution in [1.29, 1.82) is 0 Å². The highest BCUT2D eigenvalue weighted by atomic mass is 16.5. The van der Waals surface area contributed by atoms with E-state index in [0.717, 1.165) is 12.8 Å². The first-order chi connectivity index (χ1) is 16.9. The molecule has 2 amide bonds. The van der Waals surface area contributed by atoms with Gasteiger partial charge in [0, 0.05) is 25.4 Å². The van der Waals surface area contributed by atoms with E-state index in [2.05, 4.69) is 34.9 Å². The maximum absolute atomic E-state index is 12.2. The number of aliphatic carboxylic acids is 1. The van der Waals surface area contributed by atoms with Crippen LogP contribution in [-0.2, 0) is 14.3 Å². The van der Waals surface area contributed by atoms with Crippen LogP contribution >= 0.6 is 0 Å². The third kappa shape index (κ3) is 6.41. The third-order valence-corrected chi connectivity index (χ3v) is 7.12. The average molecular weight is 481 g/mol. The zero-order valence-electron chi connectivity index (χ0n) is 20.6. The minimum Gasteiger partial charge on any atom is -0.481 e. The molecule has 0 aliphatic heterocycles. The van der Waals surface area contributed by atoms with Crippen LogP contribution in [0.1, 0.15) is 69.4 Å². The molecular formula is C28H36N2O5. The summed E-state index contributed by atoms with van der Waals surface area (Å²) < 4.78 is 5.53. The van der Waals surface area contributed by atoms with Crippen LogP contribution in [-0.4, -0.2) is 42.8 Å². The predicted molar refractivity (Wildman–Crippen MR) is 135 cm³/mol. The zero-order valence-corrected chi connectivity index (χ0v) is 20.6. The quantitative estimate of drug-likeness (QED) is 0.346. The molecule has 3 rings (SSSR count). The zero-order chi connectivity index (χ0) is 25.3. The summed E-state index contributed by atoms with van der Waals surface area (Å²) in [6.07, 6.45) is 3.04. The summed E-state index contributed by atoms with van der Waals surface area (Å²) in [5.74, 6) is -0.976. The first kappa shape index (κ1) is 26.3. The number of hydrogen-bond donors (Lipinski definition) is 3. The van der Waals surface area contributed by atoms with E-state index >= 15 is 0 Å². The van der Waals surface area contributed by atoms with Gasteiger partial charge < -0.3 is 20.5 Å². The number of hydrogen-bond acceptors (Lipinski definition) is 4. The Hall–Kier alpha value is -3.35. The molecule has 2 aromatic rings. The molecule has 7 heteroatoms. The lowest BCUT2D eigenvalue weighted by Gasteiger charge is -2.26. The molecule has 7 nitrogen and oxygen atoms in total. The smallest absolute Gasteiger partial charge is 0.407 e. The Kier molecular flexibility index (Phi) is 9.29. The van der Waals surface area contributed by atoms with Gasteiger partial charge in [-0.05, 0) is 47.9 Å². The van der Waals surface area contributed by atoms with Gasteiger partial charge in [0.2, 0.25) is 5.91 Å². The second-order valence-electron chi connectivity index (χ2n) is 9.13. The maximum Gasteiger partial charge on any atom is 0.407 e. The van der Waals surface area contributed by atoms with E-state index in [-0.39, 0.29) is 25.0 Å². The molecule has 0 bridgehead atoms. The lowest BCUT2D eigenvalue weighted by Crippen LogP contribution is -2.42. The van der Waals surface area contributed by atoms with E-state index in [0.29, 0.717) is 32.2 Å². The molecule has 3 N–H and O–H groups in total. The van der Waals surface area contributed by atoms with Crippen LogP contribution in [0.2, 0.25) is 0 Å². The fraction of sp³-hybridized carbons (Fsp3) is 0.464. The first-order valence-electron chi connectivity index (χ1n) is 12.5. The van der Waals surface area contributed by atoms with Gasteiger partial charge in [0.15, 0.2) is 0 Å². The molecule has 0 radical (unpaired) electrons. The number of carbonyl (C=O) groups excluding carboxylic acids is 2.